The van der Waals surface area contributed by atoms with Crippen molar-refractivity contribution in [2.75, 3.05) is 26.1 Å². The first-order valence-corrected chi connectivity index (χ1v) is 9.19. The number of aryl methyl sites for hydroxylation is 1. The van der Waals surface area contributed by atoms with Crippen molar-refractivity contribution in [3.63, 3.8) is 0 Å². The van der Waals surface area contributed by atoms with Crippen molar-refractivity contribution in [1.82, 2.24) is 0 Å². The second-order valence-electron chi connectivity index (χ2n) is 6.74. The van der Waals surface area contributed by atoms with Crippen LogP contribution in [0.5, 0.6) is 17.2 Å². The number of carbonyl (C=O) groups excluding carboxylic acids is 1. The van der Waals surface area contributed by atoms with Crippen LogP contribution in [0.4, 0.5) is 5.69 Å². The number of amides is 1. The average molecular weight is 371 g/mol. The van der Waals surface area contributed by atoms with Gasteiger partial charge in [0, 0.05) is 18.2 Å². The molecule has 0 heterocycles. The lowest BCUT2D eigenvalue weighted by molar-refractivity contribution is -0.116. The van der Waals surface area contributed by atoms with Crippen LogP contribution >= 0.6 is 0 Å². The summed E-state index contributed by atoms with van der Waals surface area (Å²) < 4.78 is 16.2. The van der Waals surface area contributed by atoms with Crippen LogP contribution in [-0.4, -0.2) is 26.7 Å². The second-order valence-corrected chi connectivity index (χ2v) is 6.74. The maximum absolute atomic E-state index is 12.1. The van der Waals surface area contributed by atoms with Crippen LogP contribution in [0.2, 0.25) is 0 Å². The van der Waals surface area contributed by atoms with E-state index >= 15 is 0 Å². The van der Waals surface area contributed by atoms with Crippen molar-refractivity contribution >= 4 is 11.6 Å². The first-order valence-electron chi connectivity index (χ1n) is 9.19. The third-order valence-corrected chi connectivity index (χ3v) is 4.35. The van der Waals surface area contributed by atoms with E-state index in [1.54, 1.807) is 32.4 Å². The van der Waals surface area contributed by atoms with Gasteiger partial charge in [-0.05, 0) is 54.7 Å². The summed E-state index contributed by atoms with van der Waals surface area (Å²) >= 11 is 0. The van der Waals surface area contributed by atoms with E-state index < -0.39 is 0 Å². The summed E-state index contributed by atoms with van der Waals surface area (Å²) in [6, 6.07) is 11.5. The lowest BCUT2D eigenvalue weighted by atomic mass is 9.98. The van der Waals surface area contributed by atoms with Crippen molar-refractivity contribution in [3.05, 3.63) is 47.5 Å². The highest BCUT2D eigenvalue weighted by Crippen LogP contribution is 2.29. The molecule has 2 aromatic rings. The zero-order valence-electron chi connectivity index (χ0n) is 16.8. The Balaban J connectivity index is 1.79. The molecule has 2 aromatic carbocycles. The van der Waals surface area contributed by atoms with Gasteiger partial charge < -0.3 is 19.5 Å². The molecule has 0 radical (unpaired) electrons. The molecule has 2 rings (SSSR count). The van der Waals surface area contributed by atoms with E-state index in [2.05, 4.69) is 38.2 Å². The summed E-state index contributed by atoms with van der Waals surface area (Å²) in [6.45, 7) is 6.96. The molecule has 0 bridgehead atoms. The predicted molar refractivity (Wildman–Crippen MR) is 108 cm³/mol. The molecular weight excluding hydrogens is 342 g/mol. The topological polar surface area (TPSA) is 56.8 Å². The number of rotatable bonds is 9. The summed E-state index contributed by atoms with van der Waals surface area (Å²) in [7, 11) is 3.14. The SMILES string of the molecule is COc1ccc(NC(=O)CCCOc2ccc(C(C)C)c(C)c2)cc1OC. The molecule has 146 valence electrons. The summed E-state index contributed by atoms with van der Waals surface area (Å²) in [6.07, 6.45) is 1.03. The lowest BCUT2D eigenvalue weighted by Crippen LogP contribution is -2.13. The van der Waals surface area contributed by atoms with Gasteiger partial charge in [-0.15, -0.1) is 0 Å². The fourth-order valence-electron chi connectivity index (χ4n) is 2.95. The molecule has 5 heteroatoms. The molecule has 0 atom stereocenters. The van der Waals surface area contributed by atoms with Crippen LogP contribution in [-0.2, 0) is 4.79 Å². The van der Waals surface area contributed by atoms with Crippen LogP contribution in [0.1, 0.15) is 43.7 Å². The quantitative estimate of drug-likeness (QED) is 0.635. The Hall–Kier alpha value is -2.69. The van der Waals surface area contributed by atoms with Gasteiger partial charge in [0.05, 0.1) is 20.8 Å². The molecule has 1 amide bonds. The number of hydrogen-bond donors (Lipinski definition) is 1. The van der Waals surface area contributed by atoms with Crippen LogP contribution in [0.15, 0.2) is 36.4 Å². The third kappa shape index (κ3) is 5.91. The monoisotopic (exact) mass is 371 g/mol. The first-order chi connectivity index (χ1) is 12.9. The van der Waals surface area contributed by atoms with Crippen molar-refractivity contribution in [1.29, 1.82) is 0 Å². The Kier molecular flexibility index (Phi) is 7.53. The van der Waals surface area contributed by atoms with Crippen molar-refractivity contribution in [2.45, 2.75) is 39.5 Å². The molecule has 0 aromatic heterocycles. The normalized spacial score (nSPS) is 10.6. The van der Waals surface area contributed by atoms with E-state index in [0.29, 0.717) is 42.6 Å². The minimum atomic E-state index is -0.0582. The van der Waals surface area contributed by atoms with Gasteiger partial charge in [0.1, 0.15) is 5.75 Å². The standard InChI is InChI=1S/C22H29NO4/c1-15(2)19-10-9-18(13-16(19)3)27-12-6-7-22(24)23-17-8-11-20(25-4)21(14-17)26-5/h8-11,13-15H,6-7,12H2,1-5H3,(H,23,24). The number of ether oxygens (including phenoxy) is 3. The molecule has 27 heavy (non-hydrogen) atoms. The summed E-state index contributed by atoms with van der Waals surface area (Å²) in [5.41, 5.74) is 3.24. The van der Waals surface area contributed by atoms with E-state index in [1.165, 1.54) is 11.1 Å². The van der Waals surface area contributed by atoms with Gasteiger partial charge in [-0.1, -0.05) is 19.9 Å². The van der Waals surface area contributed by atoms with Gasteiger partial charge in [0.2, 0.25) is 5.91 Å². The second kappa shape index (κ2) is 9.86. The number of hydrogen-bond acceptors (Lipinski definition) is 4. The zero-order chi connectivity index (χ0) is 19.8. The summed E-state index contributed by atoms with van der Waals surface area (Å²) in [5, 5.41) is 2.87. The Morgan fingerprint density at radius 1 is 1.04 bits per heavy atom. The Morgan fingerprint density at radius 3 is 2.41 bits per heavy atom. The van der Waals surface area contributed by atoms with E-state index in [9.17, 15) is 4.79 Å². The van der Waals surface area contributed by atoms with E-state index in [4.69, 9.17) is 14.2 Å². The van der Waals surface area contributed by atoms with Gasteiger partial charge >= 0.3 is 0 Å². The zero-order valence-corrected chi connectivity index (χ0v) is 16.8. The fraction of sp³-hybridized carbons (Fsp3) is 0.409. The molecule has 0 aliphatic rings. The minimum Gasteiger partial charge on any atom is -0.494 e. The van der Waals surface area contributed by atoms with Crippen LogP contribution in [0, 0.1) is 6.92 Å². The van der Waals surface area contributed by atoms with E-state index in [-0.39, 0.29) is 5.91 Å². The van der Waals surface area contributed by atoms with Gasteiger partial charge in [-0.25, -0.2) is 0 Å². The minimum absolute atomic E-state index is 0.0582. The summed E-state index contributed by atoms with van der Waals surface area (Å²) in [4.78, 5) is 12.1. The third-order valence-electron chi connectivity index (χ3n) is 4.35. The van der Waals surface area contributed by atoms with Crippen molar-refractivity contribution in [2.24, 2.45) is 0 Å². The molecular formula is C22H29NO4. The fourth-order valence-corrected chi connectivity index (χ4v) is 2.95. The number of nitrogens with one attached hydrogen (secondary N) is 1. The predicted octanol–water partition coefficient (Wildman–Crippen LogP) is 4.93. The maximum Gasteiger partial charge on any atom is 0.224 e. The molecule has 0 fully saturated rings. The summed E-state index contributed by atoms with van der Waals surface area (Å²) in [5.74, 6) is 2.50. The molecule has 0 saturated heterocycles. The lowest BCUT2D eigenvalue weighted by Gasteiger charge is -2.13. The molecule has 0 aliphatic heterocycles. The molecule has 0 aliphatic carbocycles. The van der Waals surface area contributed by atoms with Crippen molar-refractivity contribution in [3.8, 4) is 17.2 Å². The highest BCUT2D eigenvalue weighted by Gasteiger charge is 2.08. The first kappa shape index (κ1) is 20.6. The molecule has 5 nitrogen and oxygen atoms in total. The molecule has 0 spiro atoms. The molecule has 0 unspecified atom stereocenters. The average Bonchev–Trinajstić information content (AvgIpc) is 2.64. The van der Waals surface area contributed by atoms with Crippen LogP contribution < -0.4 is 19.5 Å². The Morgan fingerprint density at radius 2 is 1.78 bits per heavy atom. The number of anilines is 1. The Bertz CT molecular complexity index is 771. The van der Waals surface area contributed by atoms with Gasteiger partial charge in [0.25, 0.3) is 0 Å². The number of carbonyl (C=O) groups is 1. The van der Waals surface area contributed by atoms with Gasteiger partial charge in [0.15, 0.2) is 11.5 Å². The van der Waals surface area contributed by atoms with Gasteiger partial charge in [-0.3, -0.25) is 4.79 Å². The van der Waals surface area contributed by atoms with E-state index in [1.807, 2.05) is 6.07 Å². The molecule has 1 N–H and O–H groups in total. The highest BCUT2D eigenvalue weighted by atomic mass is 16.5. The van der Waals surface area contributed by atoms with Gasteiger partial charge in [-0.2, -0.15) is 0 Å². The molecule has 0 saturated carbocycles. The maximum atomic E-state index is 12.1. The number of methoxy groups -OCH3 is 2. The van der Waals surface area contributed by atoms with Crippen LogP contribution in [0.25, 0.3) is 0 Å². The largest absolute Gasteiger partial charge is 0.494 e. The highest BCUT2D eigenvalue weighted by molar-refractivity contribution is 5.91. The van der Waals surface area contributed by atoms with Crippen molar-refractivity contribution < 1.29 is 19.0 Å². The van der Waals surface area contributed by atoms with E-state index in [0.717, 1.165) is 5.75 Å². The van der Waals surface area contributed by atoms with Crippen LogP contribution in [0.3, 0.4) is 0 Å². The Labute approximate surface area is 161 Å². The smallest absolute Gasteiger partial charge is 0.224 e. The number of benzene rings is 2.